The highest BCUT2D eigenvalue weighted by Gasteiger charge is 2.04. The van der Waals surface area contributed by atoms with Gasteiger partial charge in [0, 0.05) is 5.57 Å². The molecule has 0 aliphatic carbocycles. The van der Waals surface area contributed by atoms with E-state index < -0.39 is 0 Å². The topological polar surface area (TPSA) is 78.3 Å². The number of hydrogen-bond acceptors (Lipinski definition) is 4. The molecule has 0 bridgehead atoms. The highest BCUT2D eigenvalue weighted by molar-refractivity contribution is 5.93. The first-order valence-electron chi connectivity index (χ1n) is 5.05. The van der Waals surface area contributed by atoms with Crippen molar-refractivity contribution in [3.05, 3.63) is 29.3 Å². The molecule has 0 aliphatic heterocycles. The van der Waals surface area contributed by atoms with Gasteiger partial charge in [-0.1, -0.05) is 6.07 Å². The smallest absolute Gasteiger partial charge is 0.333 e. The maximum Gasteiger partial charge on any atom is 0.333 e. The lowest BCUT2D eigenvalue weighted by molar-refractivity contribution is -0.138. The van der Waals surface area contributed by atoms with Gasteiger partial charge < -0.3 is 16.2 Å². The average Bonchev–Trinajstić information content (AvgIpc) is 2.24. The van der Waals surface area contributed by atoms with Crippen LogP contribution in [0.3, 0.4) is 0 Å². The molecule has 4 nitrogen and oxygen atoms in total. The zero-order valence-electron chi connectivity index (χ0n) is 9.49. The van der Waals surface area contributed by atoms with Crippen LogP contribution in [-0.2, 0) is 9.53 Å². The van der Waals surface area contributed by atoms with Crippen LogP contribution in [-0.4, -0.2) is 12.6 Å². The SMILES string of the molecule is CCOC(=O)C(C)=Cc1ccc(N)c(N)c1. The molecule has 1 aromatic carbocycles. The largest absolute Gasteiger partial charge is 0.463 e. The Kier molecular flexibility index (Phi) is 3.94. The van der Waals surface area contributed by atoms with Crippen LogP contribution in [0.15, 0.2) is 23.8 Å². The summed E-state index contributed by atoms with van der Waals surface area (Å²) in [5, 5.41) is 0. The first-order valence-corrected chi connectivity index (χ1v) is 5.05. The minimum Gasteiger partial charge on any atom is -0.463 e. The number of nitrogen functional groups attached to an aromatic ring is 2. The van der Waals surface area contributed by atoms with Gasteiger partial charge in [0.05, 0.1) is 18.0 Å². The van der Waals surface area contributed by atoms with Crippen molar-refractivity contribution < 1.29 is 9.53 Å². The monoisotopic (exact) mass is 220 g/mol. The molecule has 16 heavy (non-hydrogen) atoms. The van der Waals surface area contributed by atoms with E-state index >= 15 is 0 Å². The van der Waals surface area contributed by atoms with Crippen LogP contribution >= 0.6 is 0 Å². The first kappa shape index (κ1) is 12.1. The molecule has 4 N–H and O–H groups in total. The summed E-state index contributed by atoms with van der Waals surface area (Å²) in [7, 11) is 0. The number of ether oxygens (including phenoxy) is 1. The summed E-state index contributed by atoms with van der Waals surface area (Å²) in [6.07, 6.45) is 1.72. The average molecular weight is 220 g/mol. The third-order valence-electron chi connectivity index (χ3n) is 2.09. The van der Waals surface area contributed by atoms with Gasteiger partial charge in [-0.15, -0.1) is 0 Å². The summed E-state index contributed by atoms with van der Waals surface area (Å²) >= 11 is 0. The lowest BCUT2D eigenvalue weighted by Gasteiger charge is -2.03. The molecule has 0 amide bonds. The summed E-state index contributed by atoms with van der Waals surface area (Å²) in [6.45, 7) is 3.84. The molecule has 0 atom stereocenters. The van der Waals surface area contributed by atoms with Gasteiger partial charge in [0.25, 0.3) is 0 Å². The fraction of sp³-hybridized carbons (Fsp3) is 0.250. The van der Waals surface area contributed by atoms with E-state index in [-0.39, 0.29) is 5.97 Å². The summed E-state index contributed by atoms with van der Waals surface area (Å²) in [5.74, 6) is -0.321. The Balaban J connectivity index is 2.89. The predicted molar refractivity (Wildman–Crippen MR) is 65.6 cm³/mol. The minimum atomic E-state index is -0.321. The Morgan fingerprint density at radius 3 is 2.62 bits per heavy atom. The Morgan fingerprint density at radius 2 is 2.06 bits per heavy atom. The fourth-order valence-corrected chi connectivity index (χ4v) is 1.24. The number of hydrogen-bond donors (Lipinski definition) is 2. The zero-order valence-corrected chi connectivity index (χ0v) is 9.49. The van der Waals surface area contributed by atoms with Gasteiger partial charge in [-0.3, -0.25) is 0 Å². The second-order valence-electron chi connectivity index (χ2n) is 3.44. The summed E-state index contributed by atoms with van der Waals surface area (Å²) < 4.78 is 4.87. The second-order valence-corrected chi connectivity index (χ2v) is 3.44. The molecule has 1 rings (SSSR count). The maximum atomic E-state index is 11.4. The number of benzene rings is 1. The van der Waals surface area contributed by atoms with E-state index in [1.807, 2.05) is 0 Å². The molecule has 0 saturated heterocycles. The third kappa shape index (κ3) is 3.02. The Labute approximate surface area is 94.9 Å². The summed E-state index contributed by atoms with van der Waals surface area (Å²) in [6, 6.07) is 5.23. The van der Waals surface area contributed by atoms with Gasteiger partial charge in [0.15, 0.2) is 0 Å². The van der Waals surface area contributed by atoms with Gasteiger partial charge in [-0.25, -0.2) is 4.79 Å². The lowest BCUT2D eigenvalue weighted by atomic mass is 10.1. The van der Waals surface area contributed by atoms with E-state index in [1.165, 1.54) is 0 Å². The molecule has 4 heteroatoms. The van der Waals surface area contributed by atoms with Crippen molar-refractivity contribution in [2.75, 3.05) is 18.1 Å². The van der Waals surface area contributed by atoms with E-state index in [9.17, 15) is 4.79 Å². The van der Waals surface area contributed by atoms with Gasteiger partial charge in [0.2, 0.25) is 0 Å². The molecule has 0 unspecified atom stereocenters. The quantitative estimate of drug-likeness (QED) is 0.462. The predicted octanol–water partition coefficient (Wildman–Crippen LogP) is 1.82. The van der Waals surface area contributed by atoms with Crippen LogP contribution in [0, 0.1) is 0 Å². The van der Waals surface area contributed by atoms with Crippen LogP contribution in [0.5, 0.6) is 0 Å². The molecule has 0 saturated carbocycles. The Bertz CT molecular complexity index is 425. The molecule has 0 radical (unpaired) electrons. The molecule has 1 aromatic rings. The maximum absolute atomic E-state index is 11.4. The van der Waals surface area contributed by atoms with Crippen LogP contribution in [0.2, 0.25) is 0 Å². The number of esters is 1. The molecular formula is C12H16N2O2. The summed E-state index contributed by atoms with van der Waals surface area (Å²) in [4.78, 5) is 11.4. The van der Waals surface area contributed by atoms with Crippen molar-refractivity contribution in [3.8, 4) is 0 Å². The molecule has 0 aromatic heterocycles. The van der Waals surface area contributed by atoms with Gasteiger partial charge >= 0.3 is 5.97 Å². The van der Waals surface area contributed by atoms with Crippen molar-refractivity contribution in [3.63, 3.8) is 0 Å². The highest BCUT2D eigenvalue weighted by Crippen LogP contribution is 2.18. The van der Waals surface area contributed by atoms with Crippen LogP contribution in [0.1, 0.15) is 19.4 Å². The molecular weight excluding hydrogens is 204 g/mol. The second kappa shape index (κ2) is 5.21. The van der Waals surface area contributed by atoms with E-state index in [1.54, 1.807) is 38.1 Å². The fourth-order valence-electron chi connectivity index (χ4n) is 1.24. The van der Waals surface area contributed by atoms with E-state index in [0.29, 0.717) is 23.6 Å². The van der Waals surface area contributed by atoms with Gasteiger partial charge in [0.1, 0.15) is 0 Å². The van der Waals surface area contributed by atoms with Gasteiger partial charge in [-0.2, -0.15) is 0 Å². The zero-order chi connectivity index (χ0) is 12.1. The van der Waals surface area contributed by atoms with Gasteiger partial charge in [-0.05, 0) is 37.6 Å². The van der Waals surface area contributed by atoms with E-state index in [0.717, 1.165) is 5.56 Å². The van der Waals surface area contributed by atoms with Crippen LogP contribution in [0.25, 0.3) is 6.08 Å². The standard InChI is InChI=1S/C12H16N2O2/c1-3-16-12(15)8(2)6-9-4-5-10(13)11(14)7-9/h4-7H,3,13-14H2,1-2H3. The van der Waals surface area contributed by atoms with Crippen molar-refractivity contribution >= 4 is 23.4 Å². The van der Waals surface area contributed by atoms with Crippen molar-refractivity contribution in [1.82, 2.24) is 0 Å². The van der Waals surface area contributed by atoms with Crippen LogP contribution in [0.4, 0.5) is 11.4 Å². The molecule has 86 valence electrons. The van der Waals surface area contributed by atoms with Crippen LogP contribution < -0.4 is 11.5 Å². The van der Waals surface area contributed by atoms with E-state index in [4.69, 9.17) is 16.2 Å². The Hall–Kier alpha value is -1.97. The third-order valence-corrected chi connectivity index (χ3v) is 2.09. The minimum absolute atomic E-state index is 0.321. The molecule has 0 heterocycles. The number of nitrogens with two attached hydrogens (primary N) is 2. The Morgan fingerprint density at radius 1 is 1.38 bits per heavy atom. The lowest BCUT2D eigenvalue weighted by Crippen LogP contribution is -2.04. The molecule has 0 spiro atoms. The van der Waals surface area contributed by atoms with E-state index in [2.05, 4.69) is 0 Å². The number of rotatable bonds is 3. The molecule has 0 aliphatic rings. The van der Waals surface area contributed by atoms with Crippen molar-refractivity contribution in [1.29, 1.82) is 0 Å². The number of anilines is 2. The number of carbonyl (C=O) groups excluding carboxylic acids is 1. The first-order chi connectivity index (χ1) is 7.54. The number of carbonyl (C=O) groups is 1. The molecule has 0 fully saturated rings. The summed E-state index contributed by atoms with van der Waals surface area (Å²) in [5.41, 5.74) is 13.7. The van der Waals surface area contributed by atoms with Crippen molar-refractivity contribution in [2.45, 2.75) is 13.8 Å². The normalized spacial score (nSPS) is 11.2. The highest BCUT2D eigenvalue weighted by atomic mass is 16.5. The van der Waals surface area contributed by atoms with Crippen molar-refractivity contribution in [2.24, 2.45) is 0 Å².